The minimum absolute atomic E-state index is 0.00845. The average Bonchev–Trinajstić information content (AvgIpc) is 3.37. The summed E-state index contributed by atoms with van der Waals surface area (Å²) >= 11 is 0. The fraction of sp³-hybridized carbons (Fsp3) is 0.417. The normalized spacial score (nSPS) is 19.2. The first-order chi connectivity index (χ1) is 15.1. The molecule has 3 aromatic heterocycles. The number of nitrogens with zero attached hydrogens (tertiary/aromatic N) is 3. The lowest BCUT2D eigenvalue weighted by Gasteiger charge is -2.29. The van der Waals surface area contributed by atoms with Crippen molar-refractivity contribution in [1.29, 1.82) is 0 Å². The number of ether oxygens (including phenoxy) is 2. The van der Waals surface area contributed by atoms with Crippen LogP contribution in [0.15, 0.2) is 41.5 Å². The van der Waals surface area contributed by atoms with E-state index in [-0.39, 0.29) is 11.7 Å². The van der Waals surface area contributed by atoms with Crippen molar-refractivity contribution in [2.24, 2.45) is 5.92 Å². The predicted molar refractivity (Wildman–Crippen MR) is 121 cm³/mol. The molecule has 7 nitrogen and oxygen atoms in total. The van der Waals surface area contributed by atoms with Crippen LogP contribution in [-0.2, 0) is 6.54 Å². The lowest BCUT2D eigenvalue weighted by Crippen LogP contribution is -2.32. The largest absolute Gasteiger partial charge is 0.493 e. The molecule has 0 radical (unpaired) electrons. The number of nitrogens with one attached hydrogen (secondary N) is 1. The molecule has 1 N–H and O–H groups in total. The topological polar surface area (TPSA) is 74.1 Å². The van der Waals surface area contributed by atoms with E-state index >= 15 is 0 Å². The van der Waals surface area contributed by atoms with Crippen LogP contribution in [0.3, 0.4) is 0 Å². The van der Waals surface area contributed by atoms with Crippen LogP contribution in [-0.4, -0.2) is 33.3 Å². The Labute approximate surface area is 180 Å². The number of benzene rings is 1. The number of methoxy groups -OCH3 is 2. The maximum Gasteiger partial charge on any atom is 0.329 e. The smallest absolute Gasteiger partial charge is 0.329 e. The van der Waals surface area contributed by atoms with Crippen LogP contribution in [0.2, 0.25) is 0 Å². The van der Waals surface area contributed by atoms with Gasteiger partial charge in [-0.1, -0.05) is 31.9 Å². The summed E-state index contributed by atoms with van der Waals surface area (Å²) in [6.45, 7) is 2.65. The minimum Gasteiger partial charge on any atom is -0.493 e. The Morgan fingerprint density at radius 1 is 1.16 bits per heavy atom. The van der Waals surface area contributed by atoms with E-state index in [0.29, 0.717) is 24.0 Å². The van der Waals surface area contributed by atoms with Gasteiger partial charge in [0.1, 0.15) is 5.65 Å². The molecule has 0 saturated heterocycles. The van der Waals surface area contributed by atoms with E-state index in [9.17, 15) is 4.79 Å². The van der Waals surface area contributed by atoms with Gasteiger partial charge in [-0.15, -0.1) is 0 Å². The van der Waals surface area contributed by atoms with Gasteiger partial charge in [-0.2, -0.15) is 0 Å². The number of hydrogen-bond donors (Lipinski definition) is 1. The Kier molecular flexibility index (Phi) is 4.96. The highest BCUT2D eigenvalue weighted by Gasteiger charge is 2.29. The minimum atomic E-state index is 0.00845. The Hall–Kier alpha value is -3.22. The number of H-pyrrole nitrogens is 1. The number of fused-ring (bicyclic) bond motifs is 3. The molecule has 0 unspecified atom stereocenters. The molecule has 0 aliphatic heterocycles. The number of para-hydroxylation sites is 1. The molecular weight excluding hydrogens is 392 g/mol. The monoisotopic (exact) mass is 420 g/mol. The molecule has 2 atom stereocenters. The molecule has 5 rings (SSSR count). The van der Waals surface area contributed by atoms with Crippen molar-refractivity contribution < 1.29 is 9.47 Å². The lowest BCUT2D eigenvalue weighted by atomic mass is 9.85. The van der Waals surface area contributed by atoms with Gasteiger partial charge in [-0.3, -0.25) is 9.13 Å². The number of hydrogen-bond acceptors (Lipinski definition) is 4. The summed E-state index contributed by atoms with van der Waals surface area (Å²) in [4.78, 5) is 21.6. The Bertz CT molecular complexity index is 1300. The number of rotatable bonds is 5. The molecule has 1 aliphatic carbocycles. The van der Waals surface area contributed by atoms with E-state index in [0.717, 1.165) is 46.9 Å². The van der Waals surface area contributed by atoms with Crippen molar-refractivity contribution in [2.75, 3.05) is 14.2 Å². The first kappa shape index (κ1) is 19.7. The summed E-state index contributed by atoms with van der Waals surface area (Å²) in [5.41, 5.74) is 3.53. The van der Waals surface area contributed by atoms with Gasteiger partial charge >= 0.3 is 5.69 Å². The standard InChI is InChI=1S/C24H28N4O3/c1-15-7-4-5-9-18(15)28-21-17-11-12-25-23(17)26-13-19(21)27(24(28)29)14-16-8-6-10-20(30-2)22(16)31-3/h6,8,10-13,15,18H,4-5,7,9,14H2,1-3H3,(H,25,26)/t15-,18+/m1/s1. The summed E-state index contributed by atoms with van der Waals surface area (Å²) in [7, 11) is 3.25. The van der Waals surface area contributed by atoms with Crippen molar-refractivity contribution in [2.45, 2.75) is 45.2 Å². The van der Waals surface area contributed by atoms with E-state index < -0.39 is 0 Å². The second kappa shape index (κ2) is 7.80. The highest BCUT2D eigenvalue weighted by Crippen LogP contribution is 2.37. The van der Waals surface area contributed by atoms with E-state index in [1.807, 2.05) is 45.8 Å². The first-order valence-electron chi connectivity index (χ1n) is 10.9. The zero-order valence-corrected chi connectivity index (χ0v) is 18.2. The van der Waals surface area contributed by atoms with E-state index in [4.69, 9.17) is 9.47 Å². The number of imidazole rings is 1. The third-order valence-corrected chi connectivity index (χ3v) is 6.72. The van der Waals surface area contributed by atoms with E-state index in [1.54, 1.807) is 14.2 Å². The molecule has 1 saturated carbocycles. The van der Waals surface area contributed by atoms with Crippen LogP contribution in [0.25, 0.3) is 22.1 Å². The van der Waals surface area contributed by atoms with Gasteiger partial charge in [0.25, 0.3) is 0 Å². The van der Waals surface area contributed by atoms with Gasteiger partial charge in [-0.05, 0) is 30.9 Å². The average molecular weight is 421 g/mol. The van der Waals surface area contributed by atoms with E-state index in [2.05, 4.69) is 16.9 Å². The molecule has 1 aliphatic rings. The maximum atomic E-state index is 13.9. The molecule has 7 heteroatoms. The third kappa shape index (κ3) is 3.10. The molecule has 0 spiro atoms. The molecule has 3 heterocycles. The fourth-order valence-electron chi connectivity index (χ4n) is 5.15. The van der Waals surface area contributed by atoms with Gasteiger partial charge in [0.05, 0.1) is 38.0 Å². The van der Waals surface area contributed by atoms with Crippen LogP contribution in [0.4, 0.5) is 0 Å². The van der Waals surface area contributed by atoms with Crippen LogP contribution in [0.5, 0.6) is 11.5 Å². The third-order valence-electron chi connectivity index (χ3n) is 6.72. The highest BCUT2D eigenvalue weighted by atomic mass is 16.5. The zero-order chi connectivity index (χ0) is 21.5. The first-order valence-corrected chi connectivity index (χ1v) is 10.9. The van der Waals surface area contributed by atoms with Gasteiger partial charge in [0.2, 0.25) is 0 Å². The van der Waals surface area contributed by atoms with Gasteiger partial charge in [0.15, 0.2) is 11.5 Å². The summed E-state index contributed by atoms with van der Waals surface area (Å²) in [6.07, 6.45) is 8.25. The SMILES string of the molecule is COc1cccc(Cn2c(=O)n([C@H]3CCCC[C@H]3C)c3c4cc[nH]c4ncc32)c1OC. The van der Waals surface area contributed by atoms with Crippen molar-refractivity contribution in [1.82, 2.24) is 19.1 Å². The number of aromatic nitrogens is 4. The number of pyridine rings is 1. The molecular formula is C24H28N4O3. The highest BCUT2D eigenvalue weighted by molar-refractivity contribution is 6.01. The molecule has 1 fully saturated rings. The molecule has 4 aromatic rings. The predicted octanol–water partition coefficient (Wildman–Crippen LogP) is 4.50. The Morgan fingerprint density at radius 3 is 2.77 bits per heavy atom. The quantitative estimate of drug-likeness (QED) is 0.516. The molecule has 0 amide bonds. The van der Waals surface area contributed by atoms with Crippen LogP contribution >= 0.6 is 0 Å². The van der Waals surface area contributed by atoms with E-state index in [1.165, 1.54) is 6.42 Å². The number of aromatic amines is 1. The summed E-state index contributed by atoms with van der Waals surface area (Å²) in [6, 6.07) is 7.97. The molecule has 31 heavy (non-hydrogen) atoms. The van der Waals surface area contributed by atoms with Gasteiger partial charge < -0.3 is 14.5 Å². The van der Waals surface area contributed by atoms with Crippen LogP contribution in [0.1, 0.15) is 44.2 Å². The summed E-state index contributed by atoms with van der Waals surface area (Å²) in [5.74, 6) is 1.77. The summed E-state index contributed by atoms with van der Waals surface area (Å²) < 4.78 is 14.9. The van der Waals surface area contributed by atoms with Gasteiger partial charge in [-0.25, -0.2) is 9.78 Å². The Balaban J connectivity index is 1.75. The maximum absolute atomic E-state index is 13.9. The lowest BCUT2D eigenvalue weighted by molar-refractivity contribution is 0.256. The Morgan fingerprint density at radius 2 is 2.00 bits per heavy atom. The van der Waals surface area contributed by atoms with Crippen molar-refractivity contribution in [3.8, 4) is 11.5 Å². The molecule has 0 bridgehead atoms. The molecule has 1 aromatic carbocycles. The summed E-state index contributed by atoms with van der Waals surface area (Å²) in [5, 5.41) is 0.990. The zero-order valence-electron chi connectivity index (χ0n) is 18.2. The van der Waals surface area contributed by atoms with Crippen molar-refractivity contribution in [3.63, 3.8) is 0 Å². The fourth-order valence-corrected chi connectivity index (χ4v) is 5.15. The van der Waals surface area contributed by atoms with Crippen LogP contribution in [0, 0.1) is 5.92 Å². The second-order valence-corrected chi connectivity index (χ2v) is 8.45. The van der Waals surface area contributed by atoms with Crippen molar-refractivity contribution >= 4 is 22.1 Å². The van der Waals surface area contributed by atoms with Crippen LogP contribution < -0.4 is 15.2 Å². The van der Waals surface area contributed by atoms with Gasteiger partial charge in [0, 0.05) is 23.2 Å². The van der Waals surface area contributed by atoms with Crippen molar-refractivity contribution in [3.05, 3.63) is 52.7 Å². The second-order valence-electron chi connectivity index (χ2n) is 8.45. The molecule has 162 valence electrons.